The largest absolute Gasteiger partial charge is 0.508 e. The number of carbonyl (C=O) groups is 6. The van der Waals surface area contributed by atoms with Crippen LogP contribution in [0.25, 0.3) is 0 Å². The molecule has 1 heterocycles. The molecule has 3 amide bonds. The number of nitrogens with zero attached hydrogens (tertiary/aromatic N) is 3. The lowest BCUT2D eigenvalue weighted by atomic mass is 9.98. The minimum atomic E-state index is -1.39. The third-order valence-electron chi connectivity index (χ3n) is 9.73. The van der Waals surface area contributed by atoms with Crippen molar-refractivity contribution in [3.05, 3.63) is 65.7 Å². The van der Waals surface area contributed by atoms with E-state index in [1.54, 1.807) is 91.8 Å². The van der Waals surface area contributed by atoms with Crippen LogP contribution in [0, 0.1) is 23.7 Å². The molecule has 0 spiro atoms. The number of benzene rings is 2. The summed E-state index contributed by atoms with van der Waals surface area (Å²) in [7, 11) is 4.23. The Morgan fingerprint density at radius 2 is 0.852 bits per heavy atom. The first-order valence-electron chi connectivity index (χ1n) is 18.5. The van der Waals surface area contributed by atoms with Crippen molar-refractivity contribution in [2.75, 3.05) is 21.1 Å². The Labute approximate surface area is 318 Å². The highest BCUT2D eigenvalue weighted by atomic mass is 16.6. The van der Waals surface area contributed by atoms with Crippen LogP contribution in [0.2, 0.25) is 0 Å². The summed E-state index contributed by atoms with van der Waals surface area (Å²) in [5, 5.41) is 9.88. The summed E-state index contributed by atoms with van der Waals surface area (Å²) < 4.78 is 17.8. The molecule has 0 saturated carbocycles. The SMILES string of the molecule is CC(C)C1OC(=O)C(Cc2ccccc2)N(C)C(=O)C(C(C)C)OC(=O)C(C(C)C)N(C)C(=O)C(C(C)C)OC(=O)C(Cc2ccc(O)cc2)N(C)C1=O. The van der Waals surface area contributed by atoms with Gasteiger partial charge in [-0.2, -0.15) is 0 Å². The van der Waals surface area contributed by atoms with Crippen molar-refractivity contribution < 1.29 is 48.1 Å². The first-order valence-corrected chi connectivity index (χ1v) is 18.5. The van der Waals surface area contributed by atoms with Crippen molar-refractivity contribution in [1.29, 1.82) is 0 Å². The van der Waals surface area contributed by atoms with E-state index in [0.717, 1.165) is 4.90 Å². The molecule has 3 rings (SSSR count). The number of phenols is 1. The Morgan fingerprint density at radius 3 is 1.22 bits per heavy atom. The lowest BCUT2D eigenvalue weighted by Gasteiger charge is -2.37. The number of likely N-dealkylation sites (N-methyl/N-ethyl adjacent to an activating group) is 3. The molecular weight excluding hydrogens is 694 g/mol. The maximum Gasteiger partial charge on any atom is 0.329 e. The summed E-state index contributed by atoms with van der Waals surface area (Å²) in [4.78, 5) is 88.7. The molecule has 2 aromatic rings. The summed E-state index contributed by atoms with van der Waals surface area (Å²) in [5.74, 6) is -6.80. The van der Waals surface area contributed by atoms with Gasteiger partial charge in [0.2, 0.25) is 0 Å². The molecule has 13 nitrogen and oxygen atoms in total. The molecule has 54 heavy (non-hydrogen) atoms. The van der Waals surface area contributed by atoms with Crippen molar-refractivity contribution in [1.82, 2.24) is 14.7 Å². The predicted molar refractivity (Wildman–Crippen MR) is 201 cm³/mol. The lowest BCUT2D eigenvalue weighted by molar-refractivity contribution is -0.180. The third-order valence-corrected chi connectivity index (χ3v) is 9.73. The average molecular weight is 752 g/mol. The van der Waals surface area contributed by atoms with Crippen molar-refractivity contribution >= 4 is 35.6 Å². The van der Waals surface area contributed by atoms with Crippen molar-refractivity contribution in [2.24, 2.45) is 23.7 Å². The van der Waals surface area contributed by atoms with Gasteiger partial charge in [0.05, 0.1) is 0 Å². The van der Waals surface area contributed by atoms with E-state index in [1.165, 1.54) is 43.1 Å². The number of rotatable bonds is 8. The maximum absolute atomic E-state index is 14.4. The van der Waals surface area contributed by atoms with Gasteiger partial charge in [-0.25, -0.2) is 14.4 Å². The van der Waals surface area contributed by atoms with Crippen LogP contribution >= 0.6 is 0 Å². The number of esters is 3. The highest BCUT2D eigenvalue weighted by Gasteiger charge is 2.44. The van der Waals surface area contributed by atoms with Crippen LogP contribution in [0.3, 0.4) is 0 Å². The Hall–Kier alpha value is -4.94. The van der Waals surface area contributed by atoms with Gasteiger partial charge in [-0.15, -0.1) is 0 Å². The number of carbonyl (C=O) groups excluding carboxylic acids is 6. The van der Waals surface area contributed by atoms with E-state index < -0.39 is 95.7 Å². The Balaban J connectivity index is 2.24. The number of hydrogen-bond donors (Lipinski definition) is 1. The van der Waals surface area contributed by atoms with Crippen LogP contribution in [-0.4, -0.2) is 113 Å². The molecule has 0 radical (unpaired) electrons. The van der Waals surface area contributed by atoms with E-state index in [1.807, 2.05) is 6.07 Å². The van der Waals surface area contributed by atoms with Gasteiger partial charge in [-0.3, -0.25) is 14.4 Å². The topological polar surface area (TPSA) is 160 Å². The molecule has 6 unspecified atom stereocenters. The zero-order chi connectivity index (χ0) is 40.6. The van der Waals surface area contributed by atoms with Gasteiger partial charge in [0.1, 0.15) is 23.9 Å². The van der Waals surface area contributed by atoms with E-state index in [-0.39, 0.29) is 18.6 Å². The maximum atomic E-state index is 14.4. The van der Waals surface area contributed by atoms with Gasteiger partial charge in [-0.1, -0.05) is 97.9 Å². The third kappa shape index (κ3) is 10.6. The number of hydrogen-bond acceptors (Lipinski definition) is 10. The summed E-state index contributed by atoms with van der Waals surface area (Å²) >= 11 is 0. The number of aromatic hydroxyl groups is 1. The molecule has 2 aromatic carbocycles. The summed E-state index contributed by atoms with van der Waals surface area (Å²) in [5.41, 5.74) is 1.28. The molecule has 0 bridgehead atoms. The van der Waals surface area contributed by atoms with Crippen LogP contribution in [0.1, 0.15) is 66.5 Å². The molecular formula is C41H57N3O10. The first-order chi connectivity index (χ1) is 25.3. The molecule has 1 aliphatic rings. The first kappa shape index (κ1) is 43.5. The van der Waals surface area contributed by atoms with E-state index >= 15 is 0 Å². The predicted octanol–water partition coefficient (Wildman–Crippen LogP) is 4.03. The van der Waals surface area contributed by atoms with Gasteiger partial charge < -0.3 is 34.0 Å². The Kier molecular flexibility index (Phi) is 15.2. The molecule has 13 heteroatoms. The van der Waals surface area contributed by atoms with Gasteiger partial charge in [0.25, 0.3) is 17.7 Å². The highest BCUT2D eigenvalue weighted by Crippen LogP contribution is 2.25. The molecule has 1 N–H and O–H groups in total. The molecule has 296 valence electrons. The zero-order valence-electron chi connectivity index (χ0n) is 33.3. The summed E-state index contributed by atoms with van der Waals surface area (Å²) in [6, 6.07) is 11.3. The fraction of sp³-hybridized carbons (Fsp3) is 0.561. The minimum Gasteiger partial charge on any atom is -0.508 e. The van der Waals surface area contributed by atoms with Crippen LogP contribution in [0.15, 0.2) is 54.6 Å². The standard InChI is InChI=1S/C41H57N3O10/c1-23(2)32-41(51)54-34(25(5)6)37(47)42(9)30(21-27-15-13-12-14-16-27)39(49)52-33(24(3)4)36(46)43(10)31(22-28-17-19-29(45)20-18-28)40(50)53-35(26(7)8)38(48)44(32)11/h12-20,23-26,30-35,45H,21-22H2,1-11H3. The van der Waals surface area contributed by atoms with Gasteiger partial charge in [0.15, 0.2) is 18.3 Å². The average Bonchev–Trinajstić information content (AvgIpc) is 3.11. The van der Waals surface area contributed by atoms with Crippen LogP contribution in [0.4, 0.5) is 0 Å². The Bertz CT molecular complexity index is 1630. The summed E-state index contributed by atoms with van der Waals surface area (Å²) in [6.07, 6.45) is -4.15. The number of amides is 3. The van der Waals surface area contributed by atoms with Gasteiger partial charge in [-0.05, 0) is 46.9 Å². The second kappa shape index (κ2) is 18.9. The van der Waals surface area contributed by atoms with Crippen LogP contribution in [0.5, 0.6) is 5.75 Å². The minimum absolute atomic E-state index is 0.00205. The van der Waals surface area contributed by atoms with E-state index in [0.29, 0.717) is 11.1 Å². The fourth-order valence-corrected chi connectivity index (χ4v) is 6.39. The number of ether oxygens (including phenoxy) is 3. The lowest BCUT2D eigenvalue weighted by Crippen LogP contribution is -2.57. The van der Waals surface area contributed by atoms with Crippen LogP contribution in [-0.2, 0) is 55.8 Å². The van der Waals surface area contributed by atoms with Crippen LogP contribution < -0.4 is 0 Å². The van der Waals surface area contributed by atoms with E-state index in [4.69, 9.17) is 14.2 Å². The second-order valence-electron chi connectivity index (χ2n) is 15.4. The quantitative estimate of drug-likeness (QED) is 0.308. The molecule has 1 fully saturated rings. The molecule has 1 aliphatic heterocycles. The normalized spacial score (nSPS) is 24.5. The smallest absolute Gasteiger partial charge is 0.329 e. The summed E-state index contributed by atoms with van der Waals surface area (Å²) in [6.45, 7) is 13.6. The second-order valence-corrected chi connectivity index (χ2v) is 15.4. The monoisotopic (exact) mass is 751 g/mol. The van der Waals surface area contributed by atoms with Gasteiger partial charge >= 0.3 is 17.9 Å². The van der Waals surface area contributed by atoms with Crippen molar-refractivity contribution in [3.63, 3.8) is 0 Å². The molecule has 0 aliphatic carbocycles. The van der Waals surface area contributed by atoms with Gasteiger partial charge in [0, 0.05) is 34.0 Å². The molecule has 0 aromatic heterocycles. The van der Waals surface area contributed by atoms with Crippen molar-refractivity contribution in [3.8, 4) is 5.75 Å². The fourth-order valence-electron chi connectivity index (χ4n) is 6.39. The zero-order valence-corrected chi connectivity index (χ0v) is 33.3. The van der Waals surface area contributed by atoms with E-state index in [2.05, 4.69) is 0 Å². The van der Waals surface area contributed by atoms with E-state index in [9.17, 15) is 33.9 Å². The molecule has 1 saturated heterocycles. The number of phenolic OH excluding ortho intramolecular Hbond substituents is 1. The highest BCUT2D eigenvalue weighted by molar-refractivity contribution is 5.94. The Morgan fingerprint density at radius 1 is 0.500 bits per heavy atom. The number of cyclic esters (lactones) is 3. The molecule has 6 atom stereocenters. The van der Waals surface area contributed by atoms with Crippen molar-refractivity contribution in [2.45, 2.75) is 105 Å².